The summed E-state index contributed by atoms with van der Waals surface area (Å²) in [6.07, 6.45) is 0. The monoisotopic (exact) mass is 778 g/mol. The summed E-state index contributed by atoms with van der Waals surface area (Å²) in [5.74, 6) is 0. The van der Waals surface area contributed by atoms with Gasteiger partial charge in [-0.2, -0.15) is 0 Å². The molecule has 7 rings (SSSR count). The summed E-state index contributed by atoms with van der Waals surface area (Å²) in [4.78, 5) is 0. The fraction of sp³-hybridized carbons (Fsp3) is 0. The summed E-state index contributed by atoms with van der Waals surface area (Å²) in [7, 11) is -16.8. The molecule has 0 bridgehead atoms. The Morgan fingerprint density at radius 2 is 0.480 bits per heavy atom. The first-order valence-corrected chi connectivity index (χ1v) is 26.6. The van der Waals surface area contributed by atoms with Crippen LogP contribution in [0.25, 0.3) is 0 Å². The third-order valence-electron chi connectivity index (χ3n) is 8.52. The molecule has 0 aliphatic carbocycles. The zero-order chi connectivity index (χ0) is 34.0. The van der Waals surface area contributed by atoms with E-state index in [1.54, 1.807) is 0 Å². The van der Waals surface area contributed by atoms with Gasteiger partial charge in [0, 0.05) is 0 Å². The molecule has 1 aliphatic rings. The molecule has 1 saturated heterocycles. The molecule has 14 heteroatoms. The van der Waals surface area contributed by atoms with Gasteiger partial charge in [-0.05, 0) is 31.1 Å². The van der Waals surface area contributed by atoms with Gasteiger partial charge < -0.3 is 28.8 Å². The Kier molecular flexibility index (Phi) is 11.7. The van der Waals surface area contributed by atoms with Gasteiger partial charge in [-0.3, -0.25) is 0 Å². The first kappa shape index (κ1) is 35.0. The summed E-state index contributed by atoms with van der Waals surface area (Å²) >= 11 is 0. The minimum atomic E-state index is -3.84. The van der Waals surface area contributed by atoms with Gasteiger partial charge in [0.25, 0.3) is 40.0 Å². The topological polar surface area (TPSA) is 64.6 Å². The molecule has 0 atom stereocenters. The average molecular weight is 779 g/mol. The standard InChI is InChI=1S/C36H38O7Si7/c1-7-19-31(20-8-1)48(32-21-9-2-10-22-32)40-46-38-44-37-45-39-47-41-49(33-23-11-3-12-24-33,34-25-13-4-14-26-34)43-50(42-48,35-27-15-5-16-28-35)36-29-17-6-18-30-36/h1-30H,44-47H2. The predicted molar refractivity (Wildman–Crippen MR) is 215 cm³/mol. The van der Waals surface area contributed by atoms with Crippen LogP contribution in [0.4, 0.5) is 0 Å². The number of hydrogen-bond donors (Lipinski definition) is 0. The lowest BCUT2D eigenvalue weighted by atomic mass is 10.4. The minimum Gasteiger partial charge on any atom is -0.425 e. The van der Waals surface area contributed by atoms with Gasteiger partial charge in [0.05, 0.1) is 0 Å². The summed E-state index contributed by atoms with van der Waals surface area (Å²) in [5, 5.41) is 5.81. The van der Waals surface area contributed by atoms with Crippen LogP contribution in [0, 0.1) is 0 Å². The van der Waals surface area contributed by atoms with Gasteiger partial charge in [-0.1, -0.05) is 182 Å². The molecule has 0 aromatic heterocycles. The minimum absolute atomic E-state index is 0.954. The van der Waals surface area contributed by atoms with Crippen LogP contribution >= 0.6 is 0 Å². The molecular formula is C36H38O7Si7. The zero-order valence-electron chi connectivity index (χ0n) is 27.5. The van der Waals surface area contributed by atoms with E-state index in [0.717, 1.165) is 31.1 Å². The van der Waals surface area contributed by atoms with Crippen molar-refractivity contribution >= 4 is 96.8 Å². The molecular weight excluding hydrogens is 741 g/mol. The Balaban J connectivity index is 1.58. The smallest absolute Gasteiger partial charge is 0.390 e. The van der Waals surface area contributed by atoms with Crippen molar-refractivity contribution in [2.24, 2.45) is 0 Å². The lowest BCUT2D eigenvalue weighted by molar-refractivity contribution is 0.305. The molecule has 1 aliphatic heterocycles. The molecule has 6 aromatic rings. The van der Waals surface area contributed by atoms with Crippen LogP contribution in [0.5, 0.6) is 0 Å². The first-order valence-electron chi connectivity index (χ1n) is 16.5. The predicted octanol–water partition coefficient (Wildman–Crippen LogP) is -0.119. The van der Waals surface area contributed by atoms with E-state index in [-0.39, 0.29) is 0 Å². The van der Waals surface area contributed by atoms with Crippen molar-refractivity contribution in [2.75, 3.05) is 0 Å². The van der Waals surface area contributed by atoms with Crippen LogP contribution in [0.1, 0.15) is 0 Å². The van der Waals surface area contributed by atoms with Crippen molar-refractivity contribution < 1.29 is 28.8 Å². The second-order valence-corrected chi connectivity index (χ2v) is 28.6. The molecule has 252 valence electrons. The van der Waals surface area contributed by atoms with E-state index >= 15 is 0 Å². The number of rotatable bonds is 6. The quantitative estimate of drug-likeness (QED) is 0.219. The molecule has 1 fully saturated rings. The van der Waals surface area contributed by atoms with Gasteiger partial charge in [0.15, 0.2) is 0 Å². The van der Waals surface area contributed by atoms with Crippen LogP contribution in [0.2, 0.25) is 0 Å². The molecule has 50 heavy (non-hydrogen) atoms. The third-order valence-corrected chi connectivity index (χ3v) is 27.9. The molecule has 0 amide bonds. The van der Waals surface area contributed by atoms with E-state index in [1.165, 1.54) is 0 Å². The first-order chi connectivity index (χ1) is 24.8. The third kappa shape index (κ3) is 7.45. The Bertz CT molecular complexity index is 1680. The highest BCUT2D eigenvalue weighted by Crippen LogP contribution is 2.24. The highest BCUT2D eigenvalue weighted by molar-refractivity contribution is 7.10. The summed E-state index contributed by atoms with van der Waals surface area (Å²) in [6, 6.07) is 62.2. The maximum atomic E-state index is 8.11. The van der Waals surface area contributed by atoms with E-state index < -0.39 is 65.7 Å². The fourth-order valence-electron chi connectivity index (χ4n) is 6.20. The fourth-order valence-corrected chi connectivity index (χ4v) is 30.1. The summed E-state index contributed by atoms with van der Waals surface area (Å²) in [5.41, 5.74) is 0. The van der Waals surface area contributed by atoms with Gasteiger partial charge in [0.2, 0.25) is 0 Å². The van der Waals surface area contributed by atoms with E-state index in [1.807, 2.05) is 84.9 Å². The lowest BCUT2D eigenvalue weighted by Crippen LogP contribution is -2.80. The van der Waals surface area contributed by atoms with Gasteiger partial charge in [0.1, 0.15) is 0 Å². The lowest BCUT2D eigenvalue weighted by Gasteiger charge is -2.46. The van der Waals surface area contributed by atoms with Crippen molar-refractivity contribution in [2.45, 2.75) is 0 Å². The average Bonchev–Trinajstić information content (AvgIpc) is 3.20. The van der Waals surface area contributed by atoms with Crippen molar-refractivity contribution in [3.05, 3.63) is 182 Å². The normalized spacial score (nSPS) is 19.9. The summed E-state index contributed by atoms with van der Waals surface area (Å²) < 4.78 is 49.2. The SMILES string of the molecule is c1ccc([Si]2(c3ccccc3)O[SiH2]O[SiH2]O[SiH2]O[SiH2]O[Si](c3ccccc3)(c3ccccc3)O[Si](c3ccccc3)(c3ccccc3)O2)cc1. The second kappa shape index (κ2) is 16.7. The van der Waals surface area contributed by atoms with E-state index in [0.29, 0.717) is 0 Å². The van der Waals surface area contributed by atoms with Gasteiger partial charge >= 0.3 is 25.7 Å². The largest absolute Gasteiger partial charge is 0.425 e. The maximum Gasteiger partial charge on any atom is 0.390 e. The van der Waals surface area contributed by atoms with Gasteiger partial charge in [-0.25, -0.2) is 0 Å². The van der Waals surface area contributed by atoms with E-state index in [2.05, 4.69) is 97.1 Å². The molecule has 0 N–H and O–H groups in total. The Hall–Kier alpha value is -3.44. The molecule has 0 saturated carbocycles. The number of benzene rings is 6. The number of hydrogen-bond acceptors (Lipinski definition) is 7. The zero-order valence-corrected chi connectivity index (χ0v) is 36.2. The Labute approximate surface area is 306 Å². The van der Waals surface area contributed by atoms with Crippen molar-refractivity contribution in [1.29, 1.82) is 0 Å². The summed E-state index contributed by atoms with van der Waals surface area (Å²) in [6.45, 7) is 0. The van der Waals surface area contributed by atoms with Crippen molar-refractivity contribution in [1.82, 2.24) is 0 Å². The van der Waals surface area contributed by atoms with E-state index in [4.69, 9.17) is 28.8 Å². The maximum absolute atomic E-state index is 8.11. The van der Waals surface area contributed by atoms with Crippen molar-refractivity contribution in [3.63, 3.8) is 0 Å². The Morgan fingerprint density at radius 1 is 0.260 bits per heavy atom. The molecule has 0 spiro atoms. The highest BCUT2D eigenvalue weighted by atomic mass is 28.5. The molecule has 1 heterocycles. The van der Waals surface area contributed by atoms with Crippen molar-refractivity contribution in [3.8, 4) is 0 Å². The molecule has 0 unspecified atom stereocenters. The Morgan fingerprint density at radius 3 is 0.740 bits per heavy atom. The van der Waals surface area contributed by atoms with Crippen LogP contribution in [0.15, 0.2) is 182 Å². The van der Waals surface area contributed by atoms with Crippen LogP contribution in [-0.2, 0) is 28.8 Å². The highest BCUT2D eigenvalue weighted by Gasteiger charge is 2.59. The molecule has 0 radical (unpaired) electrons. The molecule has 6 aromatic carbocycles. The second-order valence-electron chi connectivity index (χ2n) is 11.6. The van der Waals surface area contributed by atoms with Crippen LogP contribution < -0.4 is 31.1 Å². The van der Waals surface area contributed by atoms with Gasteiger partial charge in [-0.15, -0.1) is 0 Å². The van der Waals surface area contributed by atoms with Crippen LogP contribution in [-0.4, -0.2) is 65.7 Å². The molecule has 7 nitrogen and oxygen atoms in total. The van der Waals surface area contributed by atoms with Crippen LogP contribution in [0.3, 0.4) is 0 Å². The van der Waals surface area contributed by atoms with E-state index in [9.17, 15) is 0 Å².